The lowest BCUT2D eigenvalue weighted by Gasteiger charge is -2.31. The van der Waals surface area contributed by atoms with Crippen LogP contribution in [0.4, 0.5) is 0 Å². The molecule has 1 aliphatic rings. The number of benzene rings is 1. The molecule has 1 fully saturated rings. The molecule has 1 saturated heterocycles. The number of carbonyl (C=O) groups is 1. The number of nitrogens with zero attached hydrogens (tertiary/aromatic N) is 4. The van der Waals surface area contributed by atoms with Crippen molar-refractivity contribution < 1.29 is 13.8 Å². The Morgan fingerprint density at radius 2 is 2.08 bits per heavy atom. The maximum absolute atomic E-state index is 13.0. The van der Waals surface area contributed by atoms with Crippen LogP contribution in [-0.2, 0) is 0 Å². The van der Waals surface area contributed by atoms with Gasteiger partial charge in [-0.15, -0.1) is 0 Å². The zero-order chi connectivity index (χ0) is 17.2. The van der Waals surface area contributed by atoms with Crippen LogP contribution in [-0.4, -0.2) is 39.2 Å². The third kappa shape index (κ3) is 3.05. The molecular weight excluding hydrogens is 320 g/mol. The second-order valence-electron chi connectivity index (χ2n) is 6.20. The molecule has 1 atom stereocenters. The number of hydrogen-bond acceptors (Lipinski definition) is 6. The van der Waals surface area contributed by atoms with Crippen LogP contribution in [0.15, 0.2) is 45.6 Å². The van der Waals surface area contributed by atoms with Gasteiger partial charge in [-0.1, -0.05) is 40.6 Å². The molecule has 3 heterocycles. The van der Waals surface area contributed by atoms with Crippen molar-refractivity contribution in [2.45, 2.75) is 25.7 Å². The number of hydrogen-bond donors (Lipinski definition) is 0. The van der Waals surface area contributed by atoms with E-state index in [9.17, 15) is 4.79 Å². The third-order valence-corrected chi connectivity index (χ3v) is 4.45. The maximum Gasteiger partial charge on any atom is 0.259 e. The Balaban J connectivity index is 1.56. The smallest absolute Gasteiger partial charge is 0.259 e. The van der Waals surface area contributed by atoms with Gasteiger partial charge < -0.3 is 13.9 Å². The minimum absolute atomic E-state index is 0.0787. The van der Waals surface area contributed by atoms with E-state index in [1.807, 2.05) is 35.2 Å². The van der Waals surface area contributed by atoms with Crippen molar-refractivity contribution in [2.75, 3.05) is 13.1 Å². The molecule has 128 valence electrons. The average Bonchev–Trinajstić information content (AvgIpc) is 3.31. The van der Waals surface area contributed by atoms with Crippen LogP contribution >= 0.6 is 0 Å². The maximum atomic E-state index is 13.0. The summed E-state index contributed by atoms with van der Waals surface area (Å²) in [5.41, 5.74) is 1.32. The van der Waals surface area contributed by atoms with Crippen LogP contribution in [0.2, 0.25) is 0 Å². The molecule has 1 aliphatic heterocycles. The lowest BCUT2D eigenvalue weighted by Crippen LogP contribution is -2.39. The van der Waals surface area contributed by atoms with Gasteiger partial charge in [0.15, 0.2) is 11.6 Å². The van der Waals surface area contributed by atoms with E-state index in [-0.39, 0.29) is 11.8 Å². The monoisotopic (exact) mass is 338 g/mol. The van der Waals surface area contributed by atoms with Crippen LogP contribution in [0.3, 0.4) is 0 Å². The molecule has 0 bridgehead atoms. The number of aryl methyl sites for hydroxylation is 1. The Morgan fingerprint density at radius 3 is 2.84 bits per heavy atom. The molecule has 7 heteroatoms. The van der Waals surface area contributed by atoms with Crippen molar-refractivity contribution in [1.29, 1.82) is 0 Å². The van der Waals surface area contributed by atoms with Gasteiger partial charge in [0, 0.05) is 31.5 Å². The van der Waals surface area contributed by atoms with Crippen LogP contribution in [0, 0.1) is 6.92 Å². The van der Waals surface area contributed by atoms with Gasteiger partial charge in [0.25, 0.3) is 5.91 Å². The van der Waals surface area contributed by atoms with Gasteiger partial charge in [0.1, 0.15) is 5.56 Å². The number of aromatic nitrogens is 3. The molecule has 0 aliphatic carbocycles. The minimum Gasteiger partial charge on any atom is -0.355 e. The Hall–Kier alpha value is -2.96. The van der Waals surface area contributed by atoms with Crippen molar-refractivity contribution in [3.63, 3.8) is 0 Å². The summed E-state index contributed by atoms with van der Waals surface area (Å²) in [4.78, 5) is 19.1. The van der Waals surface area contributed by atoms with Crippen molar-refractivity contribution in [1.82, 2.24) is 20.2 Å². The molecule has 1 amide bonds. The predicted molar refractivity (Wildman–Crippen MR) is 88.9 cm³/mol. The van der Waals surface area contributed by atoms with Crippen molar-refractivity contribution >= 4 is 5.91 Å². The normalized spacial score (nSPS) is 17.6. The van der Waals surface area contributed by atoms with Gasteiger partial charge in [0.05, 0.1) is 6.20 Å². The molecular formula is C18H18N4O3. The van der Waals surface area contributed by atoms with E-state index in [0.29, 0.717) is 36.1 Å². The minimum atomic E-state index is -0.0787. The average molecular weight is 338 g/mol. The highest BCUT2D eigenvalue weighted by molar-refractivity contribution is 5.99. The van der Waals surface area contributed by atoms with Gasteiger partial charge in [0.2, 0.25) is 5.89 Å². The van der Waals surface area contributed by atoms with Crippen molar-refractivity contribution in [2.24, 2.45) is 0 Å². The van der Waals surface area contributed by atoms with Crippen LogP contribution < -0.4 is 0 Å². The molecule has 25 heavy (non-hydrogen) atoms. The molecule has 0 saturated carbocycles. The fraction of sp³-hybridized carbons (Fsp3) is 0.333. The van der Waals surface area contributed by atoms with Crippen LogP contribution in [0.1, 0.15) is 40.8 Å². The zero-order valence-corrected chi connectivity index (χ0v) is 13.9. The van der Waals surface area contributed by atoms with Gasteiger partial charge in [-0.2, -0.15) is 4.98 Å². The van der Waals surface area contributed by atoms with E-state index >= 15 is 0 Å². The Bertz CT molecular complexity index is 871. The molecule has 0 N–H and O–H groups in total. The van der Waals surface area contributed by atoms with Gasteiger partial charge in [-0.05, 0) is 12.8 Å². The first-order chi connectivity index (χ1) is 12.2. The molecule has 3 aromatic rings. The summed E-state index contributed by atoms with van der Waals surface area (Å²) < 4.78 is 10.4. The largest absolute Gasteiger partial charge is 0.355 e. The standard InChI is InChI=1S/C18H18N4O3/c1-12-20-17(21-24-12)14-8-5-9-22(11-14)18(23)15-10-19-25-16(15)13-6-3-2-4-7-13/h2-4,6-7,10,14H,5,8-9,11H2,1H3/t14-/m1/s1. The SMILES string of the molecule is Cc1nc([C@@H]2CCCN(C(=O)c3cnoc3-c3ccccc3)C2)no1. The number of piperidine rings is 1. The second kappa shape index (κ2) is 6.51. The number of carbonyl (C=O) groups excluding carboxylic acids is 1. The molecule has 1 aromatic carbocycles. The lowest BCUT2D eigenvalue weighted by molar-refractivity contribution is 0.0704. The molecule has 2 aromatic heterocycles. The quantitative estimate of drug-likeness (QED) is 0.729. The topological polar surface area (TPSA) is 85.3 Å². The molecule has 7 nitrogen and oxygen atoms in total. The first kappa shape index (κ1) is 15.6. The number of amides is 1. The highest BCUT2D eigenvalue weighted by Gasteiger charge is 2.30. The van der Waals surface area contributed by atoms with Crippen LogP contribution in [0.5, 0.6) is 0 Å². The molecule has 0 unspecified atom stereocenters. The Labute approximate surface area is 144 Å². The summed E-state index contributed by atoms with van der Waals surface area (Å²) in [6, 6.07) is 9.53. The van der Waals surface area contributed by atoms with E-state index in [1.165, 1.54) is 6.20 Å². The van der Waals surface area contributed by atoms with Crippen molar-refractivity contribution in [3.05, 3.63) is 53.8 Å². The van der Waals surface area contributed by atoms with E-state index in [4.69, 9.17) is 9.05 Å². The van der Waals surface area contributed by atoms with E-state index in [1.54, 1.807) is 6.92 Å². The highest BCUT2D eigenvalue weighted by Crippen LogP contribution is 2.29. The fourth-order valence-corrected chi connectivity index (χ4v) is 3.21. The summed E-state index contributed by atoms with van der Waals surface area (Å²) in [6.45, 7) is 3.04. The van der Waals surface area contributed by atoms with Crippen molar-refractivity contribution in [3.8, 4) is 11.3 Å². The van der Waals surface area contributed by atoms with E-state index < -0.39 is 0 Å². The second-order valence-corrected chi connectivity index (χ2v) is 6.20. The molecule has 0 radical (unpaired) electrons. The van der Waals surface area contributed by atoms with E-state index in [2.05, 4.69) is 15.3 Å². The lowest BCUT2D eigenvalue weighted by atomic mass is 9.96. The van der Waals surface area contributed by atoms with Crippen LogP contribution in [0.25, 0.3) is 11.3 Å². The number of rotatable bonds is 3. The molecule has 4 rings (SSSR count). The first-order valence-electron chi connectivity index (χ1n) is 8.32. The highest BCUT2D eigenvalue weighted by atomic mass is 16.5. The predicted octanol–water partition coefficient (Wildman–Crippen LogP) is 3.05. The first-order valence-corrected chi connectivity index (χ1v) is 8.32. The number of likely N-dealkylation sites (tertiary alicyclic amines) is 1. The Morgan fingerprint density at radius 1 is 1.24 bits per heavy atom. The van der Waals surface area contributed by atoms with Gasteiger partial charge in [-0.3, -0.25) is 4.79 Å². The summed E-state index contributed by atoms with van der Waals surface area (Å²) in [5.74, 6) is 1.73. The van der Waals surface area contributed by atoms with Gasteiger partial charge in [-0.25, -0.2) is 0 Å². The summed E-state index contributed by atoms with van der Waals surface area (Å²) in [7, 11) is 0. The molecule has 0 spiro atoms. The zero-order valence-electron chi connectivity index (χ0n) is 13.9. The summed E-state index contributed by atoms with van der Waals surface area (Å²) in [6.07, 6.45) is 3.33. The Kier molecular flexibility index (Phi) is 4.05. The van der Waals surface area contributed by atoms with Gasteiger partial charge >= 0.3 is 0 Å². The third-order valence-electron chi connectivity index (χ3n) is 4.45. The summed E-state index contributed by atoms with van der Waals surface area (Å²) in [5, 5.41) is 7.84. The van der Waals surface area contributed by atoms with E-state index in [0.717, 1.165) is 18.4 Å². The summed E-state index contributed by atoms with van der Waals surface area (Å²) >= 11 is 0. The fourth-order valence-electron chi connectivity index (χ4n) is 3.21.